The molecular weight excluding hydrogens is 214 g/mol. The average molecular weight is 241 g/mol. The van der Waals surface area contributed by atoms with Crippen LogP contribution in [0.5, 0.6) is 0 Å². The summed E-state index contributed by atoms with van der Waals surface area (Å²) in [6, 6.07) is 0.341. The minimum Gasteiger partial charge on any atom is -0.356 e. The van der Waals surface area contributed by atoms with Crippen LogP contribution < -0.4 is 10.6 Å². The lowest BCUT2D eigenvalue weighted by Crippen LogP contribution is -2.51. The number of nitrogens with zero attached hydrogens (tertiary/aromatic N) is 1. The van der Waals surface area contributed by atoms with Gasteiger partial charge in [-0.2, -0.15) is 0 Å². The van der Waals surface area contributed by atoms with E-state index in [9.17, 15) is 4.79 Å². The fourth-order valence-electron chi connectivity index (χ4n) is 1.84. The highest BCUT2D eigenvalue weighted by Crippen LogP contribution is 2.17. The Hall–Kier alpha value is -0.610. The van der Waals surface area contributed by atoms with Crippen molar-refractivity contribution < 1.29 is 4.79 Å². The third-order valence-electron chi connectivity index (χ3n) is 3.79. The third-order valence-corrected chi connectivity index (χ3v) is 3.79. The van der Waals surface area contributed by atoms with Gasteiger partial charge in [0.25, 0.3) is 0 Å². The first-order valence-corrected chi connectivity index (χ1v) is 6.62. The molecule has 0 aliphatic carbocycles. The normalized spacial score (nSPS) is 22.5. The van der Waals surface area contributed by atoms with Crippen molar-refractivity contribution in [3.63, 3.8) is 0 Å². The molecule has 0 spiro atoms. The van der Waals surface area contributed by atoms with E-state index in [1.807, 2.05) is 0 Å². The average Bonchev–Trinajstić information content (AvgIpc) is 2.30. The highest BCUT2D eigenvalue weighted by Gasteiger charge is 2.22. The molecular formula is C13H27N3O. The molecule has 1 fully saturated rings. The van der Waals surface area contributed by atoms with Crippen LogP contribution in [0.3, 0.4) is 0 Å². The first-order valence-electron chi connectivity index (χ1n) is 6.62. The molecule has 0 aromatic carbocycles. The van der Waals surface area contributed by atoms with E-state index in [2.05, 4.69) is 43.4 Å². The molecule has 1 saturated heterocycles. The first-order chi connectivity index (χ1) is 7.94. The summed E-state index contributed by atoms with van der Waals surface area (Å²) in [5, 5.41) is 6.38. The lowest BCUT2D eigenvalue weighted by molar-refractivity contribution is -0.122. The van der Waals surface area contributed by atoms with Crippen molar-refractivity contribution in [1.82, 2.24) is 15.5 Å². The van der Waals surface area contributed by atoms with E-state index in [1.54, 1.807) is 0 Å². The number of carbonyl (C=O) groups is 1. The zero-order valence-electron chi connectivity index (χ0n) is 11.7. The molecule has 0 saturated carbocycles. The second-order valence-electron chi connectivity index (χ2n) is 5.84. The van der Waals surface area contributed by atoms with Crippen molar-refractivity contribution in [1.29, 1.82) is 0 Å². The number of hydrogen-bond donors (Lipinski definition) is 2. The molecule has 0 radical (unpaired) electrons. The predicted octanol–water partition coefficient (Wildman–Crippen LogP) is 0.833. The molecule has 1 amide bonds. The SMILES string of the molecule is CCC(C)(C)CNC(=O)CC1CNCCN1C. The Bertz CT molecular complexity index is 253. The number of likely N-dealkylation sites (N-methyl/N-ethyl adjacent to an activating group) is 1. The van der Waals surface area contributed by atoms with Crippen molar-refractivity contribution in [2.75, 3.05) is 33.2 Å². The lowest BCUT2D eigenvalue weighted by atomic mass is 9.90. The Labute approximate surface area is 105 Å². The van der Waals surface area contributed by atoms with Gasteiger partial charge >= 0.3 is 0 Å². The maximum Gasteiger partial charge on any atom is 0.221 e. The van der Waals surface area contributed by atoms with Crippen molar-refractivity contribution >= 4 is 5.91 Å². The van der Waals surface area contributed by atoms with Crippen LogP contribution in [0.4, 0.5) is 0 Å². The topological polar surface area (TPSA) is 44.4 Å². The van der Waals surface area contributed by atoms with Crippen LogP contribution in [0.1, 0.15) is 33.6 Å². The Balaban J connectivity index is 2.29. The molecule has 1 aliphatic rings. The summed E-state index contributed by atoms with van der Waals surface area (Å²) in [6.45, 7) is 10.3. The van der Waals surface area contributed by atoms with Crippen molar-refractivity contribution in [2.24, 2.45) is 5.41 Å². The fourth-order valence-corrected chi connectivity index (χ4v) is 1.84. The standard InChI is InChI=1S/C13H27N3O/c1-5-13(2,3)10-15-12(17)8-11-9-14-6-7-16(11)4/h11,14H,5-10H2,1-4H3,(H,15,17). The maximum atomic E-state index is 11.9. The molecule has 0 bridgehead atoms. The molecule has 1 atom stereocenters. The largest absolute Gasteiger partial charge is 0.356 e. The van der Waals surface area contributed by atoms with Crippen LogP contribution >= 0.6 is 0 Å². The summed E-state index contributed by atoms with van der Waals surface area (Å²) < 4.78 is 0. The van der Waals surface area contributed by atoms with Gasteiger partial charge in [-0.15, -0.1) is 0 Å². The molecule has 1 heterocycles. The second kappa shape index (κ2) is 6.36. The van der Waals surface area contributed by atoms with Crippen molar-refractivity contribution in [3.8, 4) is 0 Å². The van der Waals surface area contributed by atoms with E-state index < -0.39 is 0 Å². The maximum absolute atomic E-state index is 11.9. The summed E-state index contributed by atoms with van der Waals surface area (Å²) in [5.41, 5.74) is 0.201. The minimum absolute atomic E-state index is 0.173. The summed E-state index contributed by atoms with van der Waals surface area (Å²) in [5.74, 6) is 0.173. The van der Waals surface area contributed by atoms with E-state index in [-0.39, 0.29) is 11.3 Å². The highest BCUT2D eigenvalue weighted by atomic mass is 16.1. The van der Waals surface area contributed by atoms with E-state index in [0.29, 0.717) is 12.5 Å². The monoisotopic (exact) mass is 241 g/mol. The number of nitrogens with one attached hydrogen (secondary N) is 2. The van der Waals surface area contributed by atoms with Gasteiger partial charge in [-0.1, -0.05) is 20.8 Å². The molecule has 1 aliphatic heterocycles. The molecule has 0 aromatic heterocycles. The van der Waals surface area contributed by atoms with Gasteiger partial charge in [0.2, 0.25) is 5.91 Å². The van der Waals surface area contributed by atoms with Gasteiger partial charge in [-0.25, -0.2) is 0 Å². The molecule has 0 aromatic rings. The Morgan fingerprint density at radius 2 is 2.24 bits per heavy atom. The summed E-state index contributed by atoms with van der Waals surface area (Å²) >= 11 is 0. The van der Waals surface area contributed by atoms with Gasteiger partial charge in [0.1, 0.15) is 0 Å². The van der Waals surface area contributed by atoms with Crippen LogP contribution in [0, 0.1) is 5.41 Å². The number of hydrogen-bond acceptors (Lipinski definition) is 3. The van der Waals surface area contributed by atoms with Gasteiger partial charge in [-0.3, -0.25) is 4.79 Å². The van der Waals surface area contributed by atoms with E-state index in [0.717, 1.165) is 32.6 Å². The zero-order chi connectivity index (χ0) is 12.9. The van der Waals surface area contributed by atoms with E-state index >= 15 is 0 Å². The lowest BCUT2D eigenvalue weighted by Gasteiger charge is -2.33. The highest BCUT2D eigenvalue weighted by molar-refractivity contribution is 5.76. The number of rotatable bonds is 5. The van der Waals surface area contributed by atoms with Crippen LogP contribution in [0.25, 0.3) is 0 Å². The van der Waals surface area contributed by atoms with E-state index in [4.69, 9.17) is 0 Å². The Morgan fingerprint density at radius 1 is 1.53 bits per heavy atom. The molecule has 17 heavy (non-hydrogen) atoms. The van der Waals surface area contributed by atoms with Crippen LogP contribution in [0.15, 0.2) is 0 Å². The third kappa shape index (κ3) is 5.04. The molecule has 2 N–H and O–H groups in total. The quantitative estimate of drug-likeness (QED) is 0.749. The van der Waals surface area contributed by atoms with Gasteiger partial charge < -0.3 is 15.5 Å². The van der Waals surface area contributed by atoms with Crippen LogP contribution in [-0.4, -0.2) is 50.1 Å². The second-order valence-corrected chi connectivity index (χ2v) is 5.84. The molecule has 1 unspecified atom stereocenters. The number of piperazine rings is 1. The number of amides is 1. The van der Waals surface area contributed by atoms with Crippen LogP contribution in [-0.2, 0) is 4.79 Å². The van der Waals surface area contributed by atoms with Gasteiger partial charge in [0.15, 0.2) is 0 Å². The summed E-state index contributed by atoms with van der Waals surface area (Å²) in [4.78, 5) is 14.1. The molecule has 1 rings (SSSR count). The Morgan fingerprint density at radius 3 is 2.82 bits per heavy atom. The van der Waals surface area contributed by atoms with Gasteiger partial charge in [0.05, 0.1) is 0 Å². The zero-order valence-corrected chi connectivity index (χ0v) is 11.7. The first kappa shape index (κ1) is 14.5. The van der Waals surface area contributed by atoms with Crippen LogP contribution in [0.2, 0.25) is 0 Å². The molecule has 4 heteroatoms. The fraction of sp³-hybridized carbons (Fsp3) is 0.923. The predicted molar refractivity (Wildman–Crippen MR) is 71.0 cm³/mol. The van der Waals surface area contributed by atoms with Crippen molar-refractivity contribution in [2.45, 2.75) is 39.7 Å². The molecule has 100 valence electrons. The van der Waals surface area contributed by atoms with Crippen molar-refractivity contribution in [3.05, 3.63) is 0 Å². The van der Waals surface area contributed by atoms with Gasteiger partial charge in [-0.05, 0) is 18.9 Å². The van der Waals surface area contributed by atoms with Gasteiger partial charge in [0, 0.05) is 38.6 Å². The Kier molecular flexibility index (Phi) is 5.40. The molecule has 4 nitrogen and oxygen atoms in total. The summed E-state index contributed by atoms with van der Waals surface area (Å²) in [7, 11) is 2.09. The smallest absolute Gasteiger partial charge is 0.221 e. The van der Waals surface area contributed by atoms with E-state index in [1.165, 1.54) is 0 Å². The summed E-state index contributed by atoms with van der Waals surface area (Å²) in [6.07, 6.45) is 1.68. The minimum atomic E-state index is 0.173. The number of carbonyl (C=O) groups excluding carboxylic acids is 1.